The van der Waals surface area contributed by atoms with Crippen LogP contribution in [0.5, 0.6) is 0 Å². The molecule has 0 bridgehead atoms. The number of alkyl halides is 3. The Balaban J connectivity index is 1.74. The van der Waals surface area contributed by atoms with E-state index < -0.39 is 12.8 Å². The smallest absolute Gasteiger partial charge is 0.371 e. The van der Waals surface area contributed by atoms with E-state index in [9.17, 15) is 13.2 Å². The van der Waals surface area contributed by atoms with Crippen molar-refractivity contribution in [2.75, 3.05) is 39.4 Å². The Hall–Kier alpha value is -0.330. The van der Waals surface area contributed by atoms with Gasteiger partial charge in [-0.15, -0.1) is 0 Å². The van der Waals surface area contributed by atoms with Crippen LogP contribution in [-0.4, -0.2) is 67.5 Å². The molecule has 2 atom stereocenters. The Morgan fingerprint density at radius 1 is 1.26 bits per heavy atom. The fourth-order valence-corrected chi connectivity index (χ4v) is 3.18. The van der Waals surface area contributed by atoms with Gasteiger partial charge in [0, 0.05) is 31.7 Å². The van der Waals surface area contributed by atoms with Gasteiger partial charge in [0.2, 0.25) is 0 Å². The summed E-state index contributed by atoms with van der Waals surface area (Å²) in [6, 6.07) is 1.06. The number of hydrogen-bond donors (Lipinski definition) is 0. The summed E-state index contributed by atoms with van der Waals surface area (Å²) in [6.45, 7) is 5.01. The molecule has 0 aromatic carbocycles. The normalized spacial score (nSPS) is 29.7. The fourth-order valence-electron chi connectivity index (χ4n) is 3.18. The van der Waals surface area contributed by atoms with E-state index in [0.29, 0.717) is 18.6 Å². The molecule has 112 valence electrons. The standard InChI is InChI=1S/C13H23F3N2O/c1-2-11-8-17-5-3-4-12(17)9-18(11)6-7-19-10-13(14,15)16/h11-12H,2-10H2,1H3. The van der Waals surface area contributed by atoms with Crippen molar-refractivity contribution in [3.05, 3.63) is 0 Å². The Labute approximate surface area is 112 Å². The zero-order valence-electron chi connectivity index (χ0n) is 11.5. The first kappa shape index (κ1) is 15.1. The van der Waals surface area contributed by atoms with Crippen molar-refractivity contribution in [1.29, 1.82) is 0 Å². The first-order chi connectivity index (χ1) is 8.99. The zero-order chi connectivity index (χ0) is 13.9. The number of halogens is 3. The van der Waals surface area contributed by atoms with Gasteiger partial charge in [0.15, 0.2) is 0 Å². The molecule has 0 spiro atoms. The molecule has 0 radical (unpaired) electrons. The van der Waals surface area contributed by atoms with Crippen molar-refractivity contribution in [3.63, 3.8) is 0 Å². The molecule has 2 fully saturated rings. The highest BCUT2D eigenvalue weighted by atomic mass is 19.4. The van der Waals surface area contributed by atoms with Gasteiger partial charge in [0.05, 0.1) is 6.61 Å². The number of rotatable bonds is 5. The number of ether oxygens (including phenoxy) is 1. The van der Waals surface area contributed by atoms with Crippen LogP contribution in [-0.2, 0) is 4.74 Å². The number of nitrogens with zero attached hydrogens (tertiary/aromatic N) is 2. The summed E-state index contributed by atoms with van der Waals surface area (Å²) in [5.41, 5.74) is 0. The highest BCUT2D eigenvalue weighted by molar-refractivity contribution is 4.91. The van der Waals surface area contributed by atoms with Crippen LogP contribution in [0, 0.1) is 0 Å². The van der Waals surface area contributed by atoms with Crippen molar-refractivity contribution in [3.8, 4) is 0 Å². The quantitative estimate of drug-likeness (QED) is 0.718. The minimum absolute atomic E-state index is 0.169. The monoisotopic (exact) mass is 280 g/mol. The maximum Gasteiger partial charge on any atom is 0.411 e. The Morgan fingerprint density at radius 3 is 2.74 bits per heavy atom. The van der Waals surface area contributed by atoms with Crippen LogP contribution in [0.1, 0.15) is 26.2 Å². The van der Waals surface area contributed by atoms with Crippen molar-refractivity contribution < 1.29 is 17.9 Å². The van der Waals surface area contributed by atoms with Crippen LogP contribution in [0.4, 0.5) is 13.2 Å². The largest absolute Gasteiger partial charge is 0.411 e. The summed E-state index contributed by atoms with van der Waals surface area (Å²) in [4.78, 5) is 4.84. The molecule has 2 unspecified atom stereocenters. The number of fused-ring (bicyclic) bond motifs is 1. The third-order valence-corrected chi connectivity index (χ3v) is 4.17. The summed E-state index contributed by atoms with van der Waals surface area (Å²) in [5.74, 6) is 0. The second-order valence-corrected chi connectivity index (χ2v) is 5.52. The molecule has 2 heterocycles. The first-order valence-corrected chi connectivity index (χ1v) is 7.12. The molecule has 2 saturated heterocycles. The molecular weight excluding hydrogens is 257 g/mol. The van der Waals surface area contributed by atoms with Crippen molar-refractivity contribution in [1.82, 2.24) is 9.80 Å². The molecule has 3 nitrogen and oxygen atoms in total. The van der Waals surface area contributed by atoms with Gasteiger partial charge in [-0.3, -0.25) is 9.80 Å². The maximum atomic E-state index is 12.0. The van der Waals surface area contributed by atoms with Gasteiger partial charge in [-0.1, -0.05) is 6.92 Å². The van der Waals surface area contributed by atoms with Gasteiger partial charge < -0.3 is 4.74 Å². The lowest BCUT2D eigenvalue weighted by Gasteiger charge is -2.43. The van der Waals surface area contributed by atoms with Gasteiger partial charge >= 0.3 is 6.18 Å². The van der Waals surface area contributed by atoms with Gasteiger partial charge in [-0.05, 0) is 25.8 Å². The van der Waals surface area contributed by atoms with Crippen molar-refractivity contribution in [2.45, 2.75) is 44.4 Å². The van der Waals surface area contributed by atoms with E-state index in [4.69, 9.17) is 4.74 Å². The maximum absolute atomic E-state index is 12.0. The second kappa shape index (κ2) is 6.41. The van der Waals surface area contributed by atoms with Crippen molar-refractivity contribution >= 4 is 0 Å². The van der Waals surface area contributed by atoms with E-state index in [-0.39, 0.29) is 6.61 Å². The third-order valence-electron chi connectivity index (χ3n) is 4.17. The molecule has 6 heteroatoms. The lowest BCUT2D eigenvalue weighted by molar-refractivity contribution is -0.175. The third kappa shape index (κ3) is 4.33. The first-order valence-electron chi connectivity index (χ1n) is 7.12. The van der Waals surface area contributed by atoms with Gasteiger partial charge in [-0.2, -0.15) is 13.2 Å². The predicted molar refractivity (Wildman–Crippen MR) is 67.1 cm³/mol. The van der Waals surface area contributed by atoms with E-state index in [0.717, 1.165) is 19.5 Å². The molecule has 0 N–H and O–H groups in total. The van der Waals surface area contributed by atoms with Crippen LogP contribution in [0.25, 0.3) is 0 Å². The Morgan fingerprint density at radius 2 is 2.05 bits per heavy atom. The minimum atomic E-state index is -4.21. The van der Waals surface area contributed by atoms with E-state index in [1.807, 2.05) is 0 Å². The summed E-state index contributed by atoms with van der Waals surface area (Å²) < 4.78 is 40.7. The lowest BCUT2D eigenvalue weighted by atomic mass is 10.1. The predicted octanol–water partition coefficient (Wildman–Crippen LogP) is 2.12. The lowest BCUT2D eigenvalue weighted by Crippen LogP contribution is -2.56. The average molecular weight is 280 g/mol. The summed E-state index contributed by atoms with van der Waals surface area (Å²) in [6.07, 6.45) is -0.702. The van der Waals surface area contributed by atoms with E-state index in [1.54, 1.807) is 0 Å². The number of hydrogen-bond acceptors (Lipinski definition) is 3. The Kier molecular flexibility index (Phi) is 5.09. The van der Waals surface area contributed by atoms with Crippen molar-refractivity contribution in [2.24, 2.45) is 0 Å². The topological polar surface area (TPSA) is 15.7 Å². The SMILES string of the molecule is CCC1CN2CCCC2CN1CCOCC(F)(F)F. The van der Waals surface area contributed by atoms with Crippen LogP contribution in [0.15, 0.2) is 0 Å². The number of piperazine rings is 1. The van der Waals surface area contributed by atoms with Gasteiger partial charge in [0.1, 0.15) is 6.61 Å². The van der Waals surface area contributed by atoms with Crippen LogP contribution >= 0.6 is 0 Å². The molecule has 2 rings (SSSR count). The molecule has 0 aromatic rings. The summed E-state index contributed by atoms with van der Waals surface area (Å²) in [7, 11) is 0. The minimum Gasteiger partial charge on any atom is -0.371 e. The molecule has 0 saturated carbocycles. The summed E-state index contributed by atoms with van der Waals surface area (Å²) >= 11 is 0. The van der Waals surface area contributed by atoms with E-state index in [1.165, 1.54) is 19.4 Å². The molecule has 0 aromatic heterocycles. The molecule has 2 aliphatic rings. The second-order valence-electron chi connectivity index (χ2n) is 5.52. The average Bonchev–Trinajstić information content (AvgIpc) is 2.79. The molecule has 19 heavy (non-hydrogen) atoms. The van der Waals surface area contributed by atoms with Crippen LogP contribution < -0.4 is 0 Å². The highest BCUT2D eigenvalue weighted by Gasteiger charge is 2.35. The Bertz CT molecular complexity index is 286. The van der Waals surface area contributed by atoms with E-state index >= 15 is 0 Å². The summed E-state index contributed by atoms with van der Waals surface area (Å²) in [5, 5.41) is 0. The van der Waals surface area contributed by atoms with Gasteiger partial charge in [-0.25, -0.2) is 0 Å². The molecule has 2 aliphatic heterocycles. The molecule has 0 aliphatic carbocycles. The highest BCUT2D eigenvalue weighted by Crippen LogP contribution is 2.25. The molecular formula is C13H23F3N2O. The van der Waals surface area contributed by atoms with E-state index in [2.05, 4.69) is 16.7 Å². The zero-order valence-corrected chi connectivity index (χ0v) is 11.5. The fraction of sp³-hybridized carbons (Fsp3) is 1.00. The van der Waals surface area contributed by atoms with Gasteiger partial charge in [0.25, 0.3) is 0 Å². The van der Waals surface area contributed by atoms with Crippen LogP contribution in [0.3, 0.4) is 0 Å². The van der Waals surface area contributed by atoms with Crippen LogP contribution in [0.2, 0.25) is 0 Å². The molecule has 0 amide bonds.